The van der Waals surface area contributed by atoms with E-state index in [1.807, 2.05) is 0 Å². The highest BCUT2D eigenvalue weighted by Crippen LogP contribution is 2.33. The summed E-state index contributed by atoms with van der Waals surface area (Å²) < 4.78 is 53.9. The van der Waals surface area contributed by atoms with Gasteiger partial charge in [-0.25, -0.2) is 19.4 Å². The predicted octanol–water partition coefficient (Wildman–Crippen LogP) is 4.89. The van der Waals surface area contributed by atoms with Crippen LogP contribution in [-0.2, 0) is 27.3 Å². The number of fused-ring (bicyclic) bond motifs is 1. The molecule has 0 radical (unpaired) electrons. The Kier molecular flexibility index (Phi) is 14.0. The number of nitrogens with one attached hydrogen (secondary N) is 3. The molecule has 1 unspecified atom stereocenters. The Labute approximate surface area is 411 Å². The van der Waals surface area contributed by atoms with E-state index in [-0.39, 0.29) is 71.1 Å². The smallest absolute Gasteiger partial charge is 0.416 e. The molecule has 26 heteroatoms. The fourth-order valence-corrected chi connectivity index (χ4v) is 7.79. The van der Waals surface area contributed by atoms with Gasteiger partial charge in [-0.2, -0.15) is 18.3 Å². The molecule has 6 heterocycles. The molecule has 0 saturated carbocycles. The number of oxazole rings is 1. The number of nitrogens with zero attached hydrogens (tertiary/aromatic N) is 9. The van der Waals surface area contributed by atoms with Gasteiger partial charge >= 0.3 is 12.3 Å². The summed E-state index contributed by atoms with van der Waals surface area (Å²) in [5.74, 6) is -5.06. The highest BCUT2D eigenvalue weighted by atomic mass is 19.4. The van der Waals surface area contributed by atoms with E-state index in [0.717, 1.165) is 23.4 Å². The molecular weight excluding hydrogens is 964 g/mol. The second-order valence-corrected chi connectivity index (χ2v) is 17.7. The van der Waals surface area contributed by atoms with E-state index >= 15 is 0 Å². The normalized spacial score (nSPS) is 14.7. The van der Waals surface area contributed by atoms with Crippen molar-refractivity contribution < 1.29 is 60.7 Å². The van der Waals surface area contributed by atoms with Crippen molar-refractivity contribution in [2.45, 2.75) is 77.2 Å². The van der Waals surface area contributed by atoms with Crippen LogP contribution in [0.3, 0.4) is 0 Å². The first kappa shape index (κ1) is 50.3. The van der Waals surface area contributed by atoms with Gasteiger partial charge in [0.2, 0.25) is 17.7 Å². The number of imide groups is 2. The van der Waals surface area contributed by atoms with Gasteiger partial charge in [0.25, 0.3) is 23.6 Å². The number of carbonyl (C=O) groups excluding carboxylic acids is 8. The molecule has 378 valence electrons. The average Bonchev–Trinajstić information content (AvgIpc) is 4.15. The largest absolute Gasteiger partial charge is 0.444 e. The van der Waals surface area contributed by atoms with E-state index in [1.54, 1.807) is 47.3 Å². The third-order valence-corrected chi connectivity index (χ3v) is 11.1. The number of primary amides is 1. The minimum Gasteiger partial charge on any atom is -0.444 e. The molecule has 1 fully saturated rings. The van der Waals surface area contributed by atoms with Crippen LogP contribution in [0.1, 0.15) is 104 Å². The quantitative estimate of drug-likeness (QED) is 0.0537. The summed E-state index contributed by atoms with van der Waals surface area (Å²) in [6, 6.07) is 12.4. The monoisotopic (exact) mass is 1010 g/mol. The predicted molar refractivity (Wildman–Crippen MR) is 248 cm³/mol. The van der Waals surface area contributed by atoms with Crippen LogP contribution >= 0.6 is 0 Å². The number of hydrogen-bond donors (Lipinski definition) is 4. The van der Waals surface area contributed by atoms with Gasteiger partial charge in [-0.3, -0.25) is 53.4 Å². The van der Waals surface area contributed by atoms with Crippen LogP contribution in [-0.4, -0.2) is 118 Å². The number of pyridine rings is 1. The number of carbonyl (C=O) groups is 8. The lowest BCUT2D eigenvalue weighted by atomic mass is 10.0. The average molecular weight is 1010 g/mol. The van der Waals surface area contributed by atoms with E-state index < -0.39 is 71.7 Å². The van der Waals surface area contributed by atoms with Crippen LogP contribution in [0, 0.1) is 0 Å². The highest BCUT2D eigenvalue weighted by molar-refractivity contribution is 6.25. The number of hydrogen-bond acceptors (Lipinski definition) is 16. The summed E-state index contributed by atoms with van der Waals surface area (Å²) in [5, 5.41) is 20.4. The second kappa shape index (κ2) is 20.3. The molecule has 2 aliphatic heterocycles. The summed E-state index contributed by atoms with van der Waals surface area (Å²) in [6.45, 7) is 3.60. The zero-order valence-corrected chi connectivity index (χ0v) is 39.1. The number of rotatable bonds is 17. The van der Waals surface area contributed by atoms with Crippen molar-refractivity contribution in [1.82, 2.24) is 45.0 Å². The SMILES string of the molecule is CC(C)(C)OC(=O)N(CC(F)(F)F)c1cc(-c2nc(C(=O)Nc3cn(-c4ccc(C(=O)CCc5cn(CCCNc6cccc7c6C(=O)N(C6CCC(=O)NC6=O)C7=O)nn5)cc4)nc3C(N)=O)co2)ccn1. The third-order valence-electron chi connectivity index (χ3n) is 11.1. The lowest BCUT2D eigenvalue weighted by Gasteiger charge is -2.27. The fraction of sp³-hybridized carbons (Fsp3) is 0.298. The number of aromatic nitrogens is 7. The Hall–Kier alpha value is -9.10. The van der Waals surface area contributed by atoms with Gasteiger partial charge in [0, 0.05) is 61.6 Å². The first-order valence-corrected chi connectivity index (χ1v) is 22.4. The molecule has 73 heavy (non-hydrogen) atoms. The van der Waals surface area contributed by atoms with Crippen molar-refractivity contribution in [1.29, 1.82) is 0 Å². The first-order chi connectivity index (χ1) is 34.6. The van der Waals surface area contributed by atoms with E-state index in [0.29, 0.717) is 47.0 Å². The second-order valence-electron chi connectivity index (χ2n) is 17.7. The van der Waals surface area contributed by atoms with Crippen molar-refractivity contribution in [3.8, 4) is 17.1 Å². The Morgan fingerprint density at radius 3 is 2.47 bits per heavy atom. The molecule has 1 saturated heterocycles. The zero-order chi connectivity index (χ0) is 52.4. The zero-order valence-electron chi connectivity index (χ0n) is 39.1. The number of piperidine rings is 1. The van der Waals surface area contributed by atoms with Crippen molar-refractivity contribution in [2.24, 2.45) is 5.73 Å². The fourth-order valence-electron chi connectivity index (χ4n) is 7.79. The number of halogens is 3. The molecule has 0 aliphatic carbocycles. The Bertz CT molecular complexity index is 3180. The number of aryl methyl sites for hydroxylation is 2. The first-order valence-electron chi connectivity index (χ1n) is 22.4. The van der Waals surface area contributed by atoms with E-state index in [2.05, 4.69) is 41.3 Å². The van der Waals surface area contributed by atoms with Gasteiger partial charge in [-0.15, -0.1) is 5.10 Å². The number of nitrogens with two attached hydrogens (primary N) is 1. The number of amides is 7. The lowest BCUT2D eigenvalue weighted by Crippen LogP contribution is -2.54. The molecule has 6 aromatic rings. The minimum absolute atomic E-state index is 0.0145. The van der Waals surface area contributed by atoms with Gasteiger partial charge < -0.3 is 25.5 Å². The lowest BCUT2D eigenvalue weighted by molar-refractivity contribution is -0.136. The van der Waals surface area contributed by atoms with Crippen LogP contribution in [0.4, 0.5) is 35.2 Å². The van der Waals surface area contributed by atoms with Gasteiger partial charge in [-0.05, 0) is 82.1 Å². The van der Waals surface area contributed by atoms with E-state index in [1.165, 1.54) is 43.8 Å². The minimum atomic E-state index is -4.80. The topological polar surface area (TPSA) is 302 Å². The molecule has 0 spiro atoms. The number of ether oxygens (including phenoxy) is 1. The molecule has 2 aliphatic rings. The van der Waals surface area contributed by atoms with Gasteiger partial charge in [0.05, 0.1) is 34.4 Å². The molecular formula is C47H44F3N13O10. The van der Waals surface area contributed by atoms with Crippen LogP contribution in [0.2, 0.25) is 0 Å². The number of benzene rings is 2. The maximum atomic E-state index is 13.5. The van der Waals surface area contributed by atoms with Crippen LogP contribution in [0.25, 0.3) is 17.1 Å². The van der Waals surface area contributed by atoms with Crippen molar-refractivity contribution >= 4 is 64.5 Å². The Balaban J connectivity index is 0.834. The third kappa shape index (κ3) is 11.6. The standard InChI is InChI=1S/C47H44F3N13O10/c1-46(2,3)73-45(71)61(24-47(48,49)50)35-20-26(16-18-53-35)42-55-32(23-72-42)40(67)54-31-22-62(58-38(31)39(51)66)28-11-8-25(9-12-28)34(64)14-10-27-21-60(59-57-27)19-5-17-52-30-7-4-6-29-37(30)44(70)63(43(29)69)33-13-15-36(65)56-41(33)68/h4,6-9,11-12,16,18,20-23,33,52H,5,10,13-15,17,19,24H2,1-3H3,(H2,51,66)(H,54,67)(H,56,65,68). The number of ketones is 1. The molecule has 2 aromatic carbocycles. The maximum absolute atomic E-state index is 13.5. The van der Waals surface area contributed by atoms with E-state index in [4.69, 9.17) is 14.9 Å². The van der Waals surface area contributed by atoms with Crippen LogP contribution < -0.4 is 26.6 Å². The van der Waals surface area contributed by atoms with Crippen LogP contribution in [0.15, 0.2) is 83.9 Å². The van der Waals surface area contributed by atoms with Crippen molar-refractivity contribution in [3.05, 3.63) is 113 Å². The molecule has 0 bridgehead atoms. The summed E-state index contributed by atoms with van der Waals surface area (Å²) in [7, 11) is 0. The van der Waals surface area contributed by atoms with Gasteiger partial charge in [0.1, 0.15) is 30.3 Å². The van der Waals surface area contributed by atoms with E-state index in [9.17, 15) is 51.5 Å². The molecule has 4 aromatic heterocycles. The summed E-state index contributed by atoms with van der Waals surface area (Å²) >= 11 is 0. The number of anilines is 3. The Morgan fingerprint density at radius 1 is 0.986 bits per heavy atom. The van der Waals surface area contributed by atoms with Crippen molar-refractivity contribution in [2.75, 3.05) is 28.6 Å². The summed E-state index contributed by atoms with van der Waals surface area (Å²) in [5.41, 5.74) is 5.89. The summed E-state index contributed by atoms with van der Waals surface area (Å²) in [4.78, 5) is 111. The van der Waals surface area contributed by atoms with Crippen molar-refractivity contribution in [3.63, 3.8) is 0 Å². The highest BCUT2D eigenvalue weighted by Gasteiger charge is 2.45. The molecule has 8 rings (SSSR count). The van der Waals surface area contributed by atoms with Crippen LogP contribution in [0.5, 0.6) is 0 Å². The number of alkyl halides is 3. The molecule has 23 nitrogen and oxygen atoms in total. The van der Waals surface area contributed by atoms with Gasteiger partial charge in [-0.1, -0.05) is 11.3 Å². The molecule has 7 amide bonds. The molecule has 1 atom stereocenters. The molecule has 5 N–H and O–H groups in total. The summed E-state index contributed by atoms with van der Waals surface area (Å²) in [6.07, 6.45) is -0.00102. The Morgan fingerprint density at radius 2 is 1.75 bits per heavy atom. The number of Topliss-reactive ketones (excluding diaryl/α,β-unsaturated/α-hetero) is 1. The van der Waals surface area contributed by atoms with Gasteiger partial charge in [0.15, 0.2) is 17.2 Å². The maximum Gasteiger partial charge on any atom is 0.416 e.